The molecule has 11 rings (SSSR count). The second-order valence-corrected chi connectivity index (χ2v) is 15.4. The molecule has 0 saturated heterocycles. The number of hydrogen-bond acceptors (Lipinski definition) is 4. The van der Waals surface area contributed by atoms with Crippen molar-refractivity contribution < 1.29 is 0 Å². The van der Waals surface area contributed by atoms with Crippen molar-refractivity contribution in [3.05, 3.63) is 222 Å². The number of fused-ring (bicyclic) bond motifs is 9. The molecule has 9 aromatic rings. The Hall–Kier alpha value is -6.88. The Morgan fingerprint density at radius 1 is 0.286 bits per heavy atom. The molecule has 0 fully saturated rings. The fraction of sp³-hybridized carbons (Fsp3) is 0.0192. The van der Waals surface area contributed by atoms with Gasteiger partial charge in [0.05, 0.1) is 5.41 Å². The first-order valence-electron chi connectivity index (χ1n) is 18.9. The van der Waals surface area contributed by atoms with Crippen LogP contribution >= 0.6 is 11.8 Å². The lowest BCUT2D eigenvalue weighted by atomic mass is 9.67. The fourth-order valence-electron chi connectivity index (χ4n) is 8.78. The predicted molar refractivity (Wildman–Crippen MR) is 228 cm³/mol. The van der Waals surface area contributed by atoms with Crippen LogP contribution in [0.3, 0.4) is 0 Å². The van der Waals surface area contributed by atoms with Crippen molar-refractivity contribution >= 4 is 11.8 Å². The molecule has 4 heteroatoms. The molecule has 0 saturated carbocycles. The average molecular weight is 732 g/mol. The third-order valence-electron chi connectivity index (χ3n) is 11.2. The Balaban J connectivity index is 1.04. The van der Waals surface area contributed by atoms with Crippen LogP contribution in [0.4, 0.5) is 0 Å². The smallest absolute Gasteiger partial charge is 0.164 e. The van der Waals surface area contributed by atoms with Crippen molar-refractivity contribution in [2.45, 2.75) is 15.2 Å². The third-order valence-corrected chi connectivity index (χ3v) is 12.4. The molecular weight excluding hydrogens is 699 g/mol. The molecule has 1 aliphatic carbocycles. The van der Waals surface area contributed by atoms with Gasteiger partial charge in [0.25, 0.3) is 0 Å². The zero-order valence-electron chi connectivity index (χ0n) is 30.3. The second-order valence-electron chi connectivity index (χ2n) is 14.3. The quantitative estimate of drug-likeness (QED) is 0.177. The third kappa shape index (κ3) is 5.10. The number of hydrogen-bond donors (Lipinski definition) is 0. The van der Waals surface area contributed by atoms with Gasteiger partial charge in [0, 0.05) is 26.5 Å². The van der Waals surface area contributed by atoms with Crippen LogP contribution in [-0.2, 0) is 5.41 Å². The van der Waals surface area contributed by atoms with Crippen molar-refractivity contribution in [3.63, 3.8) is 0 Å². The average Bonchev–Trinajstić information content (AvgIpc) is 3.57. The van der Waals surface area contributed by atoms with E-state index in [-0.39, 0.29) is 0 Å². The molecule has 262 valence electrons. The molecule has 0 atom stereocenters. The number of benzene rings is 8. The first kappa shape index (κ1) is 32.5. The van der Waals surface area contributed by atoms with E-state index in [1.807, 2.05) is 72.4 Å². The lowest BCUT2D eigenvalue weighted by Crippen LogP contribution is -2.31. The summed E-state index contributed by atoms with van der Waals surface area (Å²) in [5.41, 5.74) is 15.1. The largest absolute Gasteiger partial charge is 0.208 e. The minimum Gasteiger partial charge on any atom is -0.208 e. The molecule has 2 aliphatic rings. The Labute approximate surface area is 330 Å². The van der Waals surface area contributed by atoms with Crippen molar-refractivity contribution in [3.8, 4) is 67.5 Å². The maximum Gasteiger partial charge on any atom is 0.164 e. The second kappa shape index (κ2) is 13.2. The zero-order chi connectivity index (χ0) is 37.1. The van der Waals surface area contributed by atoms with E-state index in [1.54, 1.807) is 0 Å². The van der Waals surface area contributed by atoms with Crippen LogP contribution in [0.5, 0.6) is 0 Å². The topological polar surface area (TPSA) is 38.7 Å². The molecule has 56 heavy (non-hydrogen) atoms. The van der Waals surface area contributed by atoms with Crippen molar-refractivity contribution in [2.75, 3.05) is 0 Å². The van der Waals surface area contributed by atoms with Gasteiger partial charge in [-0.2, -0.15) is 0 Å². The monoisotopic (exact) mass is 731 g/mol. The normalized spacial score (nSPS) is 13.1. The summed E-state index contributed by atoms with van der Waals surface area (Å²) >= 11 is 1.88. The van der Waals surface area contributed by atoms with Gasteiger partial charge >= 0.3 is 0 Å². The molecule has 1 spiro atoms. The Kier molecular flexibility index (Phi) is 7.64. The van der Waals surface area contributed by atoms with E-state index >= 15 is 0 Å². The van der Waals surface area contributed by atoms with E-state index in [4.69, 9.17) is 15.0 Å². The summed E-state index contributed by atoms with van der Waals surface area (Å²) in [5.74, 6) is 1.95. The lowest BCUT2D eigenvalue weighted by Gasteiger charge is -2.39. The molecule has 3 nitrogen and oxygen atoms in total. The summed E-state index contributed by atoms with van der Waals surface area (Å²) < 4.78 is 0. The van der Waals surface area contributed by atoms with Gasteiger partial charge in [-0.15, -0.1) is 0 Å². The number of nitrogens with zero attached hydrogens (tertiary/aromatic N) is 3. The molecule has 2 heterocycles. The van der Waals surface area contributed by atoms with Crippen molar-refractivity contribution in [1.82, 2.24) is 15.0 Å². The van der Waals surface area contributed by atoms with E-state index in [2.05, 4.69) is 140 Å². The SMILES string of the molecule is c1ccc(-c2nc(-c3ccccc3)nc(-c3cccc(-c4ccccc4-c4ccc5c(c4)Sc4ccccc4C54c5ccccc5-c5ccccc54)c3)n2)cc1. The van der Waals surface area contributed by atoms with E-state index in [9.17, 15) is 0 Å². The Morgan fingerprint density at radius 2 is 0.714 bits per heavy atom. The first-order valence-corrected chi connectivity index (χ1v) is 19.8. The Morgan fingerprint density at radius 3 is 1.32 bits per heavy atom. The summed E-state index contributed by atoms with van der Waals surface area (Å²) in [7, 11) is 0. The van der Waals surface area contributed by atoms with Gasteiger partial charge in [-0.25, -0.2) is 15.0 Å². The van der Waals surface area contributed by atoms with Crippen LogP contribution in [0.1, 0.15) is 22.3 Å². The molecular formula is C52H33N3S. The highest BCUT2D eigenvalue weighted by atomic mass is 32.2. The van der Waals surface area contributed by atoms with Crippen LogP contribution in [-0.4, -0.2) is 15.0 Å². The van der Waals surface area contributed by atoms with Gasteiger partial charge in [0.1, 0.15) is 0 Å². The van der Waals surface area contributed by atoms with Crippen LogP contribution in [0.25, 0.3) is 67.5 Å². The molecule has 1 aromatic heterocycles. The van der Waals surface area contributed by atoms with Crippen molar-refractivity contribution in [1.29, 1.82) is 0 Å². The maximum atomic E-state index is 5.02. The zero-order valence-corrected chi connectivity index (χ0v) is 31.1. The standard InChI is InChI=1S/C52H33N3S/c1-3-16-34(17-4-1)49-53-50(35-18-5-2-6-19-35)55-51(54-49)38-21-15-20-36(32-38)39-22-7-8-23-40(39)37-30-31-46-48(33-37)56-47-29-14-13-28-45(47)52(46)43-26-11-9-24-41(43)42-25-10-12-27-44(42)52/h1-33H. The molecule has 0 bridgehead atoms. The summed E-state index contributed by atoms with van der Waals surface area (Å²) in [6.07, 6.45) is 0. The highest BCUT2D eigenvalue weighted by Crippen LogP contribution is 2.62. The van der Waals surface area contributed by atoms with Gasteiger partial charge < -0.3 is 0 Å². The number of aromatic nitrogens is 3. The minimum atomic E-state index is -0.390. The summed E-state index contributed by atoms with van der Waals surface area (Å²) in [6, 6.07) is 71.6. The lowest BCUT2D eigenvalue weighted by molar-refractivity contribution is 0.722. The molecule has 0 radical (unpaired) electrons. The predicted octanol–water partition coefficient (Wildman–Crippen LogP) is 13.0. The number of rotatable bonds is 5. The first-order chi connectivity index (χ1) is 27.8. The van der Waals surface area contributed by atoms with Gasteiger partial charge in [-0.05, 0) is 73.8 Å². The van der Waals surface area contributed by atoms with Crippen LogP contribution in [0.2, 0.25) is 0 Å². The minimum absolute atomic E-state index is 0.390. The van der Waals surface area contributed by atoms with Gasteiger partial charge in [-0.3, -0.25) is 0 Å². The van der Waals surface area contributed by atoms with Gasteiger partial charge in [0.15, 0.2) is 17.5 Å². The van der Waals surface area contributed by atoms with E-state index in [1.165, 1.54) is 54.3 Å². The molecule has 0 amide bonds. The Bertz CT molecular complexity index is 2850. The van der Waals surface area contributed by atoms with Crippen LogP contribution in [0, 0.1) is 0 Å². The molecule has 0 unspecified atom stereocenters. The van der Waals surface area contributed by atoms with E-state index in [0.29, 0.717) is 17.5 Å². The van der Waals surface area contributed by atoms with Crippen LogP contribution in [0.15, 0.2) is 210 Å². The summed E-state index contributed by atoms with van der Waals surface area (Å²) in [5, 5.41) is 0. The van der Waals surface area contributed by atoms with E-state index < -0.39 is 5.41 Å². The van der Waals surface area contributed by atoms with Crippen LogP contribution < -0.4 is 0 Å². The summed E-state index contributed by atoms with van der Waals surface area (Å²) in [4.78, 5) is 17.5. The summed E-state index contributed by atoms with van der Waals surface area (Å²) in [6.45, 7) is 0. The fourth-order valence-corrected chi connectivity index (χ4v) is 10.0. The molecule has 8 aromatic carbocycles. The van der Waals surface area contributed by atoms with Gasteiger partial charge in [0.2, 0.25) is 0 Å². The molecule has 0 N–H and O–H groups in total. The highest BCUT2D eigenvalue weighted by Gasteiger charge is 2.50. The molecule has 1 aliphatic heterocycles. The van der Waals surface area contributed by atoms with E-state index in [0.717, 1.165) is 27.8 Å². The van der Waals surface area contributed by atoms with Crippen molar-refractivity contribution in [2.24, 2.45) is 0 Å². The highest BCUT2D eigenvalue weighted by molar-refractivity contribution is 7.99. The maximum absolute atomic E-state index is 5.02. The van der Waals surface area contributed by atoms with Gasteiger partial charge in [-0.1, -0.05) is 194 Å².